The lowest BCUT2D eigenvalue weighted by Crippen LogP contribution is -1.94. The van der Waals surface area contributed by atoms with Gasteiger partial charge in [0.05, 0.1) is 29.9 Å². The van der Waals surface area contributed by atoms with E-state index >= 15 is 0 Å². The zero-order valence-corrected chi connectivity index (χ0v) is 9.47. The van der Waals surface area contributed by atoms with E-state index in [1.165, 1.54) is 20.3 Å². The molecule has 5 nitrogen and oxygen atoms in total. The third-order valence-electron chi connectivity index (χ3n) is 2.58. The highest BCUT2D eigenvalue weighted by molar-refractivity contribution is 5.99. The summed E-state index contributed by atoms with van der Waals surface area (Å²) in [5.74, 6) is 1.12. The maximum absolute atomic E-state index is 10.9. The summed E-state index contributed by atoms with van der Waals surface area (Å²) in [6.07, 6.45) is 0. The first-order valence-corrected chi connectivity index (χ1v) is 4.97. The average molecular weight is 233 g/mol. The molecule has 0 amide bonds. The van der Waals surface area contributed by atoms with Gasteiger partial charge in [-0.15, -0.1) is 0 Å². The molecular formula is C12H11NO4. The Morgan fingerprint density at radius 1 is 1.06 bits per heavy atom. The fourth-order valence-electron chi connectivity index (χ4n) is 1.83. The van der Waals surface area contributed by atoms with Crippen LogP contribution in [0.15, 0.2) is 30.3 Å². The van der Waals surface area contributed by atoms with E-state index in [0.717, 1.165) is 0 Å². The van der Waals surface area contributed by atoms with Crippen LogP contribution in [0.3, 0.4) is 0 Å². The molecule has 0 aliphatic rings. The highest BCUT2D eigenvalue weighted by atomic mass is 16.6. The van der Waals surface area contributed by atoms with E-state index < -0.39 is 4.92 Å². The van der Waals surface area contributed by atoms with E-state index in [4.69, 9.17) is 9.47 Å². The van der Waals surface area contributed by atoms with Crippen molar-refractivity contribution in [2.24, 2.45) is 0 Å². The first kappa shape index (κ1) is 11.2. The van der Waals surface area contributed by atoms with Crippen LogP contribution in [0, 0.1) is 10.1 Å². The Morgan fingerprint density at radius 2 is 1.71 bits per heavy atom. The molecule has 0 aromatic heterocycles. The lowest BCUT2D eigenvalue weighted by atomic mass is 10.1. The molecule has 2 aromatic carbocycles. The molecule has 0 spiro atoms. The molecule has 5 heteroatoms. The summed E-state index contributed by atoms with van der Waals surface area (Å²) in [4.78, 5) is 10.5. The van der Waals surface area contributed by atoms with Gasteiger partial charge < -0.3 is 9.47 Å². The summed E-state index contributed by atoms with van der Waals surface area (Å²) in [5, 5.41) is 12.1. The highest BCUT2D eigenvalue weighted by Gasteiger charge is 2.17. The van der Waals surface area contributed by atoms with E-state index in [-0.39, 0.29) is 5.69 Å². The van der Waals surface area contributed by atoms with Crippen LogP contribution < -0.4 is 9.47 Å². The van der Waals surface area contributed by atoms with Gasteiger partial charge in [0.2, 0.25) is 0 Å². The second kappa shape index (κ2) is 4.29. The second-order valence-electron chi connectivity index (χ2n) is 3.43. The molecule has 0 aliphatic carbocycles. The Morgan fingerprint density at radius 3 is 2.29 bits per heavy atom. The number of nitrogens with zero attached hydrogens (tertiary/aromatic N) is 1. The van der Waals surface area contributed by atoms with Gasteiger partial charge in [0.25, 0.3) is 5.69 Å². The van der Waals surface area contributed by atoms with Crippen molar-refractivity contribution in [1.29, 1.82) is 0 Å². The molecule has 0 unspecified atom stereocenters. The predicted molar refractivity (Wildman–Crippen MR) is 63.7 cm³/mol. The zero-order valence-electron chi connectivity index (χ0n) is 9.47. The number of non-ortho nitro benzene ring substituents is 1. The fraction of sp³-hybridized carbons (Fsp3) is 0.167. The largest absolute Gasteiger partial charge is 0.496 e. The molecule has 0 heterocycles. The molecule has 0 bridgehead atoms. The number of fused-ring (bicyclic) bond motifs is 1. The molecule has 2 rings (SSSR count). The van der Waals surface area contributed by atoms with Crippen molar-refractivity contribution < 1.29 is 14.4 Å². The number of methoxy groups -OCH3 is 2. The van der Waals surface area contributed by atoms with Crippen molar-refractivity contribution >= 4 is 16.5 Å². The van der Waals surface area contributed by atoms with Gasteiger partial charge in [-0.3, -0.25) is 10.1 Å². The van der Waals surface area contributed by atoms with Crippen molar-refractivity contribution in [3.63, 3.8) is 0 Å². The van der Waals surface area contributed by atoms with Crippen molar-refractivity contribution in [3.8, 4) is 11.5 Å². The Balaban J connectivity index is 2.89. The number of nitro benzene ring substituents is 1. The summed E-state index contributed by atoms with van der Waals surface area (Å²) >= 11 is 0. The maximum atomic E-state index is 10.9. The minimum absolute atomic E-state index is 0.0414. The molecule has 2 aromatic rings. The van der Waals surface area contributed by atoms with E-state index in [1.807, 2.05) is 0 Å². The van der Waals surface area contributed by atoms with Gasteiger partial charge in [0, 0.05) is 6.07 Å². The van der Waals surface area contributed by atoms with Crippen molar-refractivity contribution in [2.75, 3.05) is 14.2 Å². The number of hydrogen-bond donors (Lipinski definition) is 0. The number of benzene rings is 2. The summed E-state index contributed by atoms with van der Waals surface area (Å²) in [6, 6.07) is 8.14. The van der Waals surface area contributed by atoms with Crippen LogP contribution in [0.25, 0.3) is 10.8 Å². The van der Waals surface area contributed by atoms with Crippen molar-refractivity contribution in [3.05, 3.63) is 40.4 Å². The summed E-state index contributed by atoms with van der Waals surface area (Å²) < 4.78 is 10.4. The lowest BCUT2D eigenvalue weighted by Gasteiger charge is -2.09. The van der Waals surface area contributed by atoms with Crippen LogP contribution in [-0.4, -0.2) is 19.1 Å². The smallest absolute Gasteiger partial charge is 0.277 e. The Labute approximate surface area is 97.7 Å². The number of hydrogen-bond acceptors (Lipinski definition) is 4. The molecular weight excluding hydrogens is 222 g/mol. The molecule has 0 atom stereocenters. The first-order valence-electron chi connectivity index (χ1n) is 4.97. The summed E-state index contributed by atoms with van der Waals surface area (Å²) in [6.45, 7) is 0. The van der Waals surface area contributed by atoms with Crippen LogP contribution in [0.5, 0.6) is 11.5 Å². The second-order valence-corrected chi connectivity index (χ2v) is 3.43. The average Bonchev–Trinajstić information content (AvgIpc) is 2.36. The Hall–Kier alpha value is -2.30. The molecule has 0 saturated carbocycles. The molecule has 88 valence electrons. The van der Waals surface area contributed by atoms with Crippen molar-refractivity contribution in [1.82, 2.24) is 0 Å². The molecule has 17 heavy (non-hydrogen) atoms. The molecule has 0 radical (unpaired) electrons. The number of nitro groups is 1. The minimum Gasteiger partial charge on any atom is -0.496 e. The van der Waals surface area contributed by atoms with Gasteiger partial charge in [-0.1, -0.05) is 6.07 Å². The topological polar surface area (TPSA) is 61.6 Å². The monoisotopic (exact) mass is 233 g/mol. The van der Waals surface area contributed by atoms with Crippen molar-refractivity contribution in [2.45, 2.75) is 0 Å². The molecule has 0 N–H and O–H groups in total. The van der Waals surface area contributed by atoms with Crippen LogP contribution in [0.1, 0.15) is 0 Å². The van der Waals surface area contributed by atoms with Gasteiger partial charge in [0.15, 0.2) is 0 Å². The fourth-order valence-corrected chi connectivity index (χ4v) is 1.83. The van der Waals surface area contributed by atoms with Gasteiger partial charge in [-0.05, 0) is 18.2 Å². The summed E-state index contributed by atoms with van der Waals surface area (Å²) in [5.41, 5.74) is 0.0414. The van der Waals surface area contributed by atoms with Crippen LogP contribution in [0.2, 0.25) is 0 Å². The predicted octanol–water partition coefficient (Wildman–Crippen LogP) is 2.77. The standard InChI is InChI=1S/C12H11NO4/c1-16-10-5-3-4-8-9(13(14)15)6-7-11(17-2)12(8)10/h3-7H,1-2H3. The third-order valence-corrected chi connectivity index (χ3v) is 2.58. The third kappa shape index (κ3) is 1.75. The maximum Gasteiger partial charge on any atom is 0.277 e. The molecule has 0 saturated heterocycles. The number of ether oxygens (including phenoxy) is 2. The quantitative estimate of drug-likeness (QED) is 0.604. The minimum atomic E-state index is -0.415. The van der Waals surface area contributed by atoms with E-state index in [0.29, 0.717) is 22.3 Å². The van der Waals surface area contributed by atoms with E-state index in [1.54, 1.807) is 24.3 Å². The first-order chi connectivity index (χ1) is 8.19. The van der Waals surface area contributed by atoms with Crippen LogP contribution >= 0.6 is 0 Å². The van der Waals surface area contributed by atoms with E-state index in [9.17, 15) is 10.1 Å². The normalized spacial score (nSPS) is 10.2. The van der Waals surface area contributed by atoms with Gasteiger partial charge in [-0.2, -0.15) is 0 Å². The SMILES string of the molecule is COc1cccc2c([N+](=O)[O-])ccc(OC)c12. The highest BCUT2D eigenvalue weighted by Crippen LogP contribution is 2.38. The van der Waals surface area contributed by atoms with E-state index in [2.05, 4.69) is 0 Å². The summed E-state index contributed by atoms with van der Waals surface area (Å²) in [7, 11) is 3.04. The zero-order chi connectivity index (χ0) is 12.4. The lowest BCUT2D eigenvalue weighted by molar-refractivity contribution is -0.383. The van der Waals surface area contributed by atoms with Crippen LogP contribution in [-0.2, 0) is 0 Å². The Bertz CT molecular complexity index is 570. The van der Waals surface area contributed by atoms with Gasteiger partial charge in [0.1, 0.15) is 11.5 Å². The van der Waals surface area contributed by atoms with Crippen LogP contribution in [0.4, 0.5) is 5.69 Å². The van der Waals surface area contributed by atoms with Gasteiger partial charge >= 0.3 is 0 Å². The number of rotatable bonds is 3. The van der Waals surface area contributed by atoms with Gasteiger partial charge in [-0.25, -0.2) is 0 Å². The molecule has 0 fully saturated rings. The Kier molecular flexibility index (Phi) is 2.82. The molecule has 0 aliphatic heterocycles.